The Morgan fingerprint density at radius 1 is 0.864 bits per heavy atom. The zero-order valence-corrected chi connectivity index (χ0v) is 12.1. The second-order valence-corrected chi connectivity index (χ2v) is 4.65. The predicted octanol–water partition coefficient (Wildman–Crippen LogP) is 2.99. The molecule has 22 heavy (non-hydrogen) atoms. The number of hydrogen-bond donors (Lipinski definition) is 3. The summed E-state index contributed by atoms with van der Waals surface area (Å²) in [6.07, 6.45) is 4.67. The topological polar surface area (TPSA) is 102 Å². The van der Waals surface area contributed by atoms with E-state index in [1.807, 2.05) is 18.2 Å². The first kappa shape index (κ1) is 14.0. The van der Waals surface area contributed by atoms with Gasteiger partial charge in [-0.1, -0.05) is 17.7 Å². The second-order valence-electron chi connectivity index (χ2n) is 4.29. The minimum Gasteiger partial charge on any atom is -0.393 e. The maximum atomic E-state index is 6.09. The summed E-state index contributed by atoms with van der Waals surface area (Å²) >= 11 is 6.01. The molecule has 3 aromatic rings. The summed E-state index contributed by atoms with van der Waals surface area (Å²) in [6.45, 7) is 0. The van der Waals surface area contributed by atoms with Crippen LogP contribution < -0.4 is 16.4 Å². The SMILES string of the molecule is Nc1c(Nc2ccccn2)ncnc1Nc1cccnc1Cl. The van der Waals surface area contributed by atoms with Crippen LogP contribution >= 0.6 is 11.6 Å². The van der Waals surface area contributed by atoms with Crippen LogP contribution in [0.4, 0.5) is 28.8 Å². The van der Waals surface area contributed by atoms with E-state index in [4.69, 9.17) is 17.3 Å². The summed E-state index contributed by atoms with van der Waals surface area (Å²) < 4.78 is 0. The van der Waals surface area contributed by atoms with E-state index in [-0.39, 0.29) is 0 Å². The molecule has 4 N–H and O–H groups in total. The first-order chi connectivity index (χ1) is 10.7. The van der Waals surface area contributed by atoms with Crippen molar-refractivity contribution < 1.29 is 0 Å². The molecule has 0 aliphatic heterocycles. The van der Waals surface area contributed by atoms with Crippen LogP contribution in [0.3, 0.4) is 0 Å². The van der Waals surface area contributed by atoms with E-state index >= 15 is 0 Å². The fourth-order valence-electron chi connectivity index (χ4n) is 1.76. The zero-order valence-electron chi connectivity index (χ0n) is 11.4. The molecule has 0 aliphatic carbocycles. The number of anilines is 5. The number of nitrogens with two attached hydrogens (primary N) is 1. The van der Waals surface area contributed by atoms with Gasteiger partial charge in [-0.3, -0.25) is 0 Å². The summed E-state index contributed by atoms with van der Waals surface area (Å²) in [5, 5.41) is 6.41. The molecule has 3 rings (SSSR count). The van der Waals surface area contributed by atoms with Crippen LogP contribution in [0.15, 0.2) is 49.1 Å². The second kappa shape index (κ2) is 6.23. The Hall–Kier alpha value is -2.93. The van der Waals surface area contributed by atoms with E-state index in [0.717, 1.165) is 0 Å². The van der Waals surface area contributed by atoms with Crippen LogP contribution in [0.25, 0.3) is 0 Å². The van der Waals surface area contributed by atoms with Gasteiger partial charge in [0.1, 0.15) is 17.8 Å². The van der Waals surface area contributed by atoms with E-state index in [1.165, 1.54) is 6.33 Å². The van der Waals surface area contributed by atoms with E-state index in [9.17, 15) is 0 Å². The molecule has 0 fully saturated rings. The maximum absolute atomic E-state index is 6.09. The van der Waals surface area contributed by atoms with Gasteiger partial charge in [0.2, 0.25) is 0 Å². The minimum atomic E-state index is 0.333. The molecule has 8 heteroatoms. The third kappa shape index (κ3) is 3.04. The monoisotopic (exact) mass is 313 g/mol. The molecule has 0 spiro atoms. The lowest BCUT2D eigenvalue weighted by molar-refractivity contribution is 1.16. The van der Waals surface area contributed by atoms with E-state index in [1.54, 1.807) is 24.5 Å². The quantitative estimate of drug-likeness (QED) is 0.636. The highest BCUT2D eigenvalue weighted by Crippen LogP contribution is 2.29. The molecule has 0 saturated heterocycles. The van der Waals surface area contributed by atoms with Gasteiger partial charge in [-0.25, -0.2) is 19.9 Å². The molecule has 110 valence electrons. The van der Waals surface area contributed by atoms with Crippen LogP contribution in [0, 0.1) is 0 Å². The third-order valence-corrected chi connectivity index (χ3v) is 3.11. The highest BCUT2D eigenvalue weighted by Gasteiger charge is 2.10. The molecule has 3 aromatic heterocycles. The fourth-order valence-corrected chi connectivity index (χ4v) is 1.93. The molecule has 0 aliphatic rings. The third-order valence-electron chi connectivity index (χ3n) is 2.81. The Morgan fingerprint density at radius 3 is 2.36 bits per heavy atom. The normalized spacial score (nSPS) is 10.2. The van der Waals surface area contributed by atoms with Crippen molar-refractivity contribution in [3.63, 3.8) is 0 Å². The standard InChI is InChI=1S/C14H12ClN7/c15-12-9(4-3-7-18-12)21-13-11(16)14(20-8-19-13)22-10-5-1-2-6-17-10/h1-8H,16H2,(H2,17,19,20,21,22). The summed E-state index contributed by atoms with van der Waals surface area (Å²) in [5.41, 5.74) is 7.05. The van der Waals surface area contributed by atoms with Crippen molar-refractivity contribution in [2.45, 2.75) is 0 Å². The fraction of sp³-hybridized carbons (Fsp3) is 0. The molecule has 0 unspecified atom stereocenters. The number of hydrogen-bond acceptors (Lipinski definition) is 7. The van der Waals surface area contributed by atoms with Gasteiger partial charge in [0.15, 0.2) is 16.8 Å². The molecule has 0 saturated carbocycles. The van der Waals surface area contributed by atoms with Crippen LogP contribution in [0.2, 0.25) is 5.15 Å². The van der Waals surface area contributed by atoms with Gasteiger partial charge in [0.25, 0.3) is 0 Å². The molecule has 0 radical (unpaired) electrons. The van der Waals surface area contributed by atoms with Gasteiger partial charge < -0.3 is 16.4 Å². The summed E-state index contributed by atoms with van der Waals surface area (Å²) in [6, 6.07) is 9.04. The zero-order chi connectivity index (χ0) is 15.4. The molecular weight excluding hydrogens is 302 g/mol. The summed E-state index contributed by atoms with van der Waals surface area (Å²) in [7, 11) is 0. The number of nitrogens with one attached hydrogen (secondary N) is 2. The van der Waals surface area contributed by atoms with Crippen molar-refractivity contribution in [1.29, 1.82) is 0 Å². The number of nitrogen functional groups attached to an aromatic ring is 1. The number of aromatic nitrogens is 4. The van der Waals surface area contributed by atoms with Crippen molar-refractivity contribution in [2.75, 3.05) is 16.4 Å². The van der Waals surface area contributed by atoms with Crippen LogP contribution in [0.1, 0.15) is 0 Å². The number of rotatable bonds is 4. The predicted molar refractivity (Wildman–Crippen MR) is 86.5 cm³/mol. The van der Waals surface area contributed by atoms with Crippen molar-refractivity contribution in [1.82, 2.24) is 19.9 Å². The lowest BCUT2D eigenvalue weighted by Crippen LogP contribution is -2.06. The van der Waals surface area contributed by atoms with Crippen LogP contribution in [-0.4, -0.2) is 19.9 Å². The molecule has 7 nitrogen and oxygen atoms in total. The average molecular weight is 314 g/mol. The highest BCUT2D eigenvalue weighted by molar-refractivity contribution is 6.32. The van der Waals surface area contributed by atoms with Crippen molar-refractivity contribution in [3.8, 4) is 0 Å². The molecule has 0 aromatic carbocycles. The van der Waals surface area contributed by atoms with Gasteiger partial charge in [0.05, 0.1) is 5.69 Å². The van der Waals surface area contributed by atoms with Gasteiger partial charge in [-0.05, 0) is 24.3 Å². The molecule has 0 atom stereocenters. The largest absolute Gasteiger partial charge is 0.393 e. The Kier molecular flexibility index (Phi) is 3.97. The van der Waals surface area contributed by atoms with E-state index < -0.39 is 0 Å². The Balaban J connectivity index is 1.88. The lowest BCUT2D eigenvalue weighted by atomic mass is 10.3. The van der Waals surface area contributed by atoms with Gasteiger partial charge in [0, 0.05) is 12.4 Å². The van der Waals surface area contributed by atoms with Gasteiger partial charge >= 0.3 is 0 Å². The van der Waals surface area contributed by atoms with E-state index in [0.29, 0.717) is 34.0 Å². The Labute approximate surface area is 131 Å². The highest BCUT2D eigenvalue weighted by atomic mass is 35.5. The van der Waals surface area contributed by atoms with E-state index in [2.05, 4.69) is 30.6 Å². The van der Waals surface area contributed by atoms with Crippen molar-refractivity contribution in [2.24, 2.45) is 0 Å². The number of pyridine rings is 2. The van der Waals surface area contributed by atoms with Crippen LogP contribution in [0.5, 0.6) is 0 Å². The molecule has 3 heterocycles. The van der Waals surface area contributed by atoms with Crippen molar-refractivity contribution >= 4 is 40.4 Å². The number of halogens is 1. The van der Waals surface area contributed by atoms with Gasteiger partial charge in [-0.2, -0.15) is 0 Å². The molecule has 0 bridgehead atoms. The Morgan fingerprint density at radius 2 is 1.64 bits per heavy atom. The first-order valence-corrected chi connectivity index (χ1v) is 6.78. The minimum absolute atomic E-state index is 0.333. The number of nitrogens with zero attached hydrogens (tertiary/aromatic N) is 4. The Bertz CT molecular complexity index is 779. The van der Waals surface area contributed by atoms with Gasteiger partial charge in [-0.15, -0.1) is 0 Å². The molecule has 0 amide bonds. The van der Waals surface area contributed by atoms with Crippen LogP contribution in [-0.2, 0) is 0 Å². The molecular formula is C14H12ClN7. The lowest BCUT2D eigenvalue weighted by Gasteiger charge is -2.12. The smallest absolute Gasteiger partial charge is 0.160 e. The van der Waals surface area contributed by atoms with Crippen molar-refractivity contribution in [3.05, 3.63) is 54.2 Å². The average Bonchev–Trinajstić information content (AvgIpc) is 2.54. The maximum Gasteiger partial charge on any atom is 0.160 e. The summed E-state index contributed by atoms with van der Waals surface area (Å²) in [4.78, 5) is 16.4. The first-order valence-electron chi connectivity index (χ1n) is 6.40. The summed E-state index contributed by atoms with van der Waals surface area (Å²) in [5.74, 6) is 1.53.